The Morgan fingerprint density at radius 2 is 1.50 bits per heavy atom. The minimum Gasteiger partial charge on any atom is -0.497 e. The Labute approximate surface area is 259 Å². The Bertz CT molecular complexity index is 1970. The van der Waals surface area contributed by atoms with Gasteiger partial charge in [-0.05, 0) is 89.1 Å². The van der Waals surface area contributed by atoms with Gasteiger partial charge >= 0.3 is 0 Å². The molecule has 5 aromatic carbocycles. The molecule has 44 heavy (non-hydrogen) atoms. The maximum atomic E-state index is 7.54. The second-order valence-corrected chi connectivity index (χ2v) is 13.5. The van der Waals surface area contributed by atoms with Crippen molar-refractivity contribution in [3.8, 4) is 22.6 Å². The minimum absolute atomic E-state index is 0.0597. The lowest BCUT2D eigenvalue weighted by Gasteiger charge is -2.41. The molecule has 2 bridgehead atoms. The van der Waals surface area contributed by atoms with Crippen LogP contribution in [-0.2, 0) is 11.0 Å². The molecule has 1 aliphatic heterocycles. The topological polar surface area (TPSA) is 21.7 Å². The van der Waals surface area contributed by atoms with Crippen molar-refractivity contribution in [2.24, 2.45) is 11.8 Å². The summed E-state index contributed by atoms with van der Waals surface area (Å²) in [6.07, 6.45) is 10.0. The lowest BCUT2D eigenvalue weighted by Crippen LogP contribution is -2.36. The highest BCUT2D eigenvalue weighted by atomic mass is 16.5. The minimum atomic E-state index is -0.783. The van der Waals surface area contributed by atoms with Crippen LogP contribution in [0.25, 0.3) is 28.0 Å². The zero-order valence-corrected chi connectivity index (χ0v) is 25.6. The predicted molar refractivity (Wildman–Crippen MR) is 180 cm³/mol. The highest BCUT2D eigenvalue weighted by molar-refractivity contribution is 6.08. The van der Waals surface area contributed by atoms with Crippen LogP contribution in [0.4, 0.5) is 5.69 Å². The second-order valence-electron chi connectivity index (χ2n) is 13.5. The number of fused-ring (bicyclic) bond motifs is 13. The Morgan fingerprint density at radius 3 is 2.18 bits per heavy atom. The standard InChI is InChI=1S/C41H37NO2/c1-42(2)30-18-14-27(15-19-30)41(28-16-20-31(43-3)21-17-28)23-22-35-38-37(32-8-4-5-9-33(32)39(35)44-41)34-10-6-7-11-36(34)40(38)25-26-12-13-29(40)24-26/h4-11,14-23,26,29H,12-13,24-25H2,1-3H3. The second kappa shape index (κ2) is 9.25. The van der Waals surface area contributed by atoms with Crippen molar-refractivity contribution >= 4 is 22.5 Å². The van der Waals surface area contributed by atoms with E-state index in [1.165, 1.54) is 58.7 Å². The van der Waals surface area contributed by atoms with Crippen LogP contribution >= 0.6 is 0 Å². The summed E-state index contributed by atoms with van der Waals surface area (Å²) in [5.74, 6) is 3.33. The fourth-order valence-corrected chi connectivity index (χ4v) is 9.35. The Morgan fingerprint density at radius 1 is 0.795 bits per heavy atom. The van der Waals surface area contributed by atoms with E-state index < -0.39 is 5.60 Å². The number of benzene rings is 5. The van der Waals surface area contributed by atoms with Crippen molar-refractivity contribution in [1.29, 1.82) is 0 Å². The lowest BCUT2D eigenvalue weighted by molar-refractivity contribution is 0.163. The molecule has 4 unspecified atom stereocenters. The van der Waals surface area contributed by atoms with E-state index in [9.17, 15) is 0 Å². The van der Waals surface area contributed by atoms with Crippen LogP contribution in [0.1, 0.15) is 53.5 Å². The van der Waals surface area contributed by atoms with Crippen LogP contribution < -0.4 is 14.4 Å². The van der Waals surface area contributed by atoms with Gasteiger partial charge in [-0.25, -0.2) is 0 Å². The van der Waals surface area contributed by atoms with Crippen LogP contribution in [-0.4, -0.2) is 21.2 Å². The third-order valence-electron chi connectivity index (χ3n) is 11.3. The van der Waals surface area contributed by atoms with Crippen LogP contribution in [0, 0.1) is 11.8 Å². The van der Waals surface area contributed by atoms with E-state index in [0.717, 1.165) is 34.2 Å². The molecule has 0 radical (unpaired) electrons. The first-order valence-electron chi connectivity index (χ1n) is 16.0. The van der Waals surface area contributed by atoms with E-state index in [4.69, 9.17) is 9.47 Å². The summed E-state index contributed by atoms with van der Waals surface area (Å²) in [5, 5.41) is 2.48. The number of anilines is 1. The molecular formula is C41H37NO2. The van der Waals surface area contributed by atoms with E-state index in [0.29, 0.717) is 5.92 Å². The molecule has 2 saturated carbocycles. The Kier molecular flexibility index (Phi) is 5.46. The molecule has 3 nitrogen and oxygen atoms in total. The highest BCUT2D eigenvalue weighted by Crippen LogP contribution is 2.68. The first kappa shape index (κ1) is 25.9. The third-order valence-corrected chi connectivity index (χ3v) is 11.3. The van der Waals surface area contributed by atoms with Gasteiger partial charge in [0.1, 0.15) is 11.5 Å². The summed E-state index contributed by atoms with van der Waals surface area (Å²) < 4.78 is 13.1. The van der Waals surface area contributed by atoms with E-state index in [1.807, 2.05) is 12.1 Å². The average molecular weight is 576 g/mol. The first-order chi connectivity index (χ1) is 21.5. The van der Waals surface area contributed by atoms with E-state index in [2.05, 4.69) is 116 Å². The van der Waals surface area contributed by atoms with Crippen molar-refractivity contribution in [3.63, 3.8) is 0 Å². The number of methoxy groups -OCH3 is 1. The summed E-state index contributed by atoms with van der Waals surface area (Å²) >= 11 is 0. The normalized spacial score (nSPS) is 25.5. The van der Waals surface area contributed by atoms with Gasteiger partial charge in [-0.2, -0.15) is 0 Å². The fraction of sp³-hybridized carbons (Fsp3) is 0.268. The van der Waals surface area contributed by atoms with Gasteiger partial charge < -0.3 is 14.4 Å². The van der Waals surface area contributed by atoms with Gasteiger partial charge in [-0.1, -0.05) is 85.3 Å². The van der Waals surface area contributed by atoms with Gasteiger partial charge in [-0.15, -0.1) is 0 Å². The summed E-state index contributed by atoms with van der Waals surface area (Å²) in [5.41, 5.74) is 9.82. The molecule has 4 atom stereocenters. The van der Waals surface area contributed by atoms with Crippen molar-refractivity contribution in [2.45, 2.75) is 36.7 Å². The Balaban J connectivity index is 1.33. The van der Waals surface area contributed by atoms with Gasteiger partial charge in [0.15, 0.2) is 5.60 Å². The molecule has 0 N–H and O–H groups in total. The third kappa shape index (κ3) is 3.33. The number of nitrogens with zero attached hydrogens (tertiary/aromatic N) is 1. The number of rotatable bonds is 4. The maximum Gasteiger partial charge on any atom is 0.178 e. The van der Waals surface area contributed by atoms with E-state index >= 15 is 0 Å². The Hall–Kier alpha value is -4.50. The maximum absolute atomic E-state index is 7.54. The number of hydrogen-bond acceptors (Lipinski definition) is 3. The van der Waals surface area contributed by atoms with Crippen LogP contribution in [0.3, 0.4) is 0 Å². The van der Waals surface area contributed by atoms with E-state index in [-0.39, 0.29) is 5.41 Å². The average Bonchev–Trinajstić information content (AvgIpc) is 3.77. The zero-order valence-electron chi connectivity index (χ0n) is 25.6. The fourth-order valence-electron chi connectivity index (χ4n) is 9.35. The van der Waals surface area contributed by atoms with Crippen molar-refractivity contribution in [2.75, 3.05) is 26.1 Å². The summed E-state index contributed by atoms with van der Waals surface area (Å²) in [4.78, 5) is 2.14. The summed E-state index contributed by atoms with van der Waals surface area (Å²) in [6.45, 7) is 0. The molecule has 4 aliphatic rings. The van der Waals surface area contributed by atoms with Gasteiger partial charge in [-0.3, -0.25) is 0 Å². The smallest absolute Gasteiger partial charge is 0.178 e. The van der Waals surface area contributed by atoms with Crippen LogP contribution in [0.15, 0.2) is 103 Å². The molecule has 1 heterocycles. The molecule has 9 rings (SSSR count). The molecule has 1 spiro atoms. The van der Waals surface area contributed by atoms with Gasteiger partial charge in [0.05, 0.1) is 7.11 Å². The zero-order chi connectivity index (χ0) is 29.6. The quantitative estimate of drug-likeness (QED) is 0.213. The largest absolute Gasteiger partial charge is 0.497 e. The predicted octanol–water partition coefficient (Wildman–Crippen LogP) is 9.35. The van der Waals surface area contributed by atoms with Crippen LogP contribution in [0.5, 0.6) is 11.5 Å². The molecule has 5 aromatic rings. The molecule has 0 saturated heterocycles. The molecule has 2 fully saturated rings. The lowest BCUT2D eigenvalue weighted by atomic mass is 9.65. The first-order valence-corrected chi connectivity index (χ1v) is 16.0. The van der Waals surface area contributed by atoms with Gasteiger partial charge in [0.2, 0.25) is 0 Å². The summed E-state index contributed by atoms with van der Waals surface area (Å²) in [7, 11) is 5.88. The molecule has 218 valence electrons. The van der Waals surface area contributed by atoms with Crippen molar-refractivity contribution in [3.05, 3.63) is 131 Å². The molecule has 0 amide bonds. The monoisotopic (exact) mass is 575 g/mol. The number of hydrogen-bond donors (Lipinski definition) is 0. The molecule has 0 aromatic heterocycles. The van der Waals surface area contributed by atoms with Crippen molar-refractivity contribution < 1.29 is 9.47 Å². The molecule has 3 heteroatoms. The van der Waals surface area contributed by atoms with Gasteiger partial charge in [0, 0.05) is 47.3 Å². The highest BCUT2D eigenvalue weighted by Gasteiger charge is 2.58. The van der Waals surface area contributed by atoms with Gasteiger partial charge in [0.25, 0.3) is 0 Å². The van der Waals surface area contributed by atoms with Crippen molar-refractivity contribution in [1.82, 2.24) is 0 Å². The summed E-state index contributed by atoms with van der Waals surface area (Å²) in [6, 6.07) is 35.4. The number of ether oxygens (including phenoxy) is 2. The van der Waals surface area contributed by atoms with E-state index in [1.54, 1.807) is 12.7 Å². The molecular weight excluding hydrogens is 538 g/mol. The molecule has 3 aliphatic carbocycles. The SMILES string of the molecule is COc1ccc(C2(c3ccc(N(C)C)cc3)C=Cc3c4c(c5ccccc5c3O2)-c2ccccc2C42CC3CCC2C3)cc1. The van der Waals surface area contributed by atoms with Crippen LogP contribution in [0.2, 0.25) is 0 Å².